The zero-order chi connectivity index (χ0) is 14.2. The van der Waals surface area contributed by atoms with Crippen LogP contribution in [0.4, 0.5) is 5.69 Å². The number of rotatable bonds is 2. The van der Waals surface area contributed by atoms with E-state index >= 15 is 0 Å². The van der Waals surface area contributed by atoms with Crippen molar-refractivity contribution >= 4 is 15.7 Å². The maximum atomic E-state index is 12.7. The van der Waals surface area contributed by atoms with Crippen molar-refractivity contribution < 1.29 is 8.42 Å². The summed E-state index contributed by atoms with van der Waals surface area (Å²) in [5.74, 6) is 0. The molecule has 1 aromatic rings. The fraction of sp³-hybridized carbons (Fsp3) is 0.429. The predicted molar refractivity (Wildman–Crippen MR) is 77.5 cm³/mol. The Balaban J connectivity index is 2.49. The summed E-state index contributed by atoms with van der Waals surface area (Å²) in [5.41, 5.74) is 9.09. The van der Waals surface area contributed by atoms with Gasteiger partial charge < -0.3 is 5.73 Å². The first-order chi connectivity index (χ1) is 8.84. The summed E-state index contributed by atoms with van der Waals surface area (Å²) >= 11 is 0. The molecule has 104 valence electrons. The number of hydrogen-bond donors (Lipinski definition) is 1. The van der Waals surface area contributed by atoms with Crippen molar-refractivity contribution in [2.24, 2.45) is 0 Å². The molecule has 19 heavy (non-hydrogen) atoms. The quantitative estimate of drug-likeness (QED) is 0.667. The average Bonchev–Trinajstić information content (AvgIpc) is 2.34. The maximum Gasteiger partial charge on any atom is 0.245 e. The molecular formula is C14H20N2O2S. The number of nitrogens with zero attached hydrogens (tertiary/aromatic N) is 1. The fourth-order valence-electron chi connectivity index (χ4n) is 2.25. The first-order valence-electron chi connectivity index (χ1n) is 6.35. The molecule has 1 aliphatic heterocycles. The second-order valence-corrected chi connectivity index (χ2v) is 6.98. The number of hydrogen-bond acceptors (Lipinski definition) is 3. The lowest BCUT2D eigenvalue weighted by Gasteiger charge is -2.26. The van der Waals surface area contributed by atoms with Crippen LogP contribution in [0.1, 0.15) is 24.5 Å². The minimum Gasteiger partial charge on any atom is -0.397 e. The number of nitrogens with two attached hydrogens (primary N) is 1. The van der Waals surface area contributed by atoms with Gasteiger partial charge in [-0.05, 0) is 38.3 Å². The van der Waals surface area contributed by atoms with E-state index in [9.17, 15) is 8.42 Å². The van der Waals surface area contributed by atoms with Crippen LogP contribution in [0, 0.1) is 13.8 Å². The maximum absolute atomic E-state index is 12.7. The van der Waals surface area contributed by atoms with Crippen LogP contribution in [0.15, 0.2) is 28.7 Å². The van der Waals surface area contributed by atoms with E-state index in [-0.39, 0.29) is 4.90 Å². The van der Waals surface area contributed by atoms with Crippen LogP contribution in [0.5, 0.6) is 0 Å². The highest BCUT2D eigenvalue weighted by molar-refractivity contribution is 7.89. The summed E-state index contributed by atoms with van der Waals surface area (Å²) in [4.78, 5) is 0.264. The summed E-state index contributed by atoms with van der Waals surface area (Å²) in [7, 11) is -3.51. The molecule has 1 heterocycles. The van der Waals surface area contributed by atoms with E-state index in [0.29, 0.717) is 24.3 Å². The summed E-state index contributed by atoms with van der Waals surface area (Å²) in [5, 5.41) is 0. The van der Waals surface area contributed by atoms with Crippen LogP contribution in [0.3, 0.4) is 0 Å². The molecule has 0 saturated heterocycles. The van der Waals surface area contributed by atoms with Crippen LogP contribution >= 0.6 is 0 Å². The number of sulfonamides is 1. The van der Waals surface area contributed by atoms with Crippen molar-refractivity contribution in [1.29, 1.82) is 0 Å². The molecule has 0 aliphatic carbocycles. The van der Waals surface area contributed by atoms with Gasteiger partial charge in [0, 0.05) is 13.1 Å². The van der Waals surface area contributed by atoms with Gasteiger partial charge in [-0.25, -0.2) is 8.42 Å². The van der Waals surface area contributed by atoms with Crippen molar-refractivity contribution in [3.63, 3.8) is 0 Å². The van der Waals surface area contributed by atoms with Gasteiger partial charge in [-0.15, -0.1) is 0 Å². The third-order valence-corrected chi connectivity index (χ3v) is 5.68. The van der Waals surface area contributed by atoms with Gasteiger partial charge in [0.05, 0.1) is 5.69 Å². The smallest absolute Gasteiger partial charge is 0.245 e. The SMILES string of the molecule is CC1=CCN(S(=O)(=O)c2c(C)ccc(C)c2N)CC1. The zero-order valence-electron chi connectivity index (χ0n) is 11.6. The van der Waals surface area contributed by atoms with Crippen molar-refractivity contribution in [2.45, 2.75) is 32.1 Å². The molecule has 2 rings (SSSR count). The summed E-state index contributed by atoms with van der Waals surface area (Å²) in [6.07, 6.45) is 2.74. The molecule has 2 N–H and O–H groups in total. The van der Waals surface area contributed by atoms with Crippen molar-refractivity contribution in [3.05, 3.63) is 34.9 Å². The highest BCUT2D eigenvalue weighted by Gasteiger charge is 2.29. The molecule has 0 radical (unpaired) electrons. The molecule has 0 unspecified atom stereocenters. The van der Waals surface area contributed by atoms with Crippen molar-refractivity contribution in [1.82, 2.24) is 4.31 Å². The minimum absolute atomic E-state index is 0.264. The Kier molecular flexibility index (Phi) is 3.69. The largest absolute Gasteiger partial charge is 0.397 e. The molecule has 0 fully saturated rings. The minimum atomic E-state index is -3.51. The van der Waals surface area contributed by atoms with Gasteiger partial charge in [0.15, 0.2) is 0 Å². The van der Waals surface area contributed by atoms with Crippen LogP contribution in [0.2, 0.25) is 0 Å². The van der Waals surface area contributed by atoms with Crippen LogP contribution < -0.4 is 5.73 Å². The average molecular weight is 280 g/mol. The van der Waals surface area contributed by atoms with E-state index in [0.717, 1.165) is 12.0 Å². The highest BCUT2D eigenvalue weighted by atomic mass is 32.2. The molecule has 1 aromatic carbocycles. The topological polar surface area (TPSA) is 63.4 Å². The Morgan fingerprint density at radius 3 is 2.37 bits per heavy atom. The number of aryl methyl sites for hydroxylation is 2. The molecule has 0 amide bonds. The van der Waals surface area contributed by atoms with Gasteiger partial charge in [0.25, 0.3) is 0 Å². The Morgan fingerprint density at radius 2 is 1.79 bits per heavy atom. The third-order valence-electron chi connectivity index (χ3n) is 3.61. The van der Waals surface area contributed by atoms with Crippen LogP contribution in [-0.4, -0.2) is 25.8 Å². The normalized spacial score (nSPS) is 17.3. The summed E-state index contributed by atoms with van der Waals surface area (Å²) in [6.45, 7) is 6.59. The van der Waals surface area contributed by atoms with E-state index in [2.05, 4.69) is 0 Å². The zero-order valence-corrected chi connectivity index (χ0v) is 12.4. The summed E-state index contributed by atoms with van der Waals surface area (Å²) in [6, 6.07) is 3.66. The molecule has 0 aromatic heterocycles. The molecule has 4 nitrogen and oxygen atoms in total. The Bertz CT molecular complexity index is 633. The second-order valence-electron chi connectivity index (χ2n) is 5.11. The number of benzene rings is 1. The number of nitrogen functional groups attached to an aromatic ring is 1. The molecule has 5 heteroatoms. The lowest BCUT2D eigenvalue weighted by molar-refractivity contribution is 0.431. The highest BCUT2D eigenvalue weighted by Crippen LogP contribution is 2.29. The molecular weight excluding hydrogens is 260 g/mol. The Morgan fingerprint density at radius 1 is 1.16 bits per heavy atom. The van der Waals surface area contributed by atoms with E-state index in [1.807, 2.05) is 32.1 Å². The first-order valence-corrected chi connectivity index (χ1v) is 7.79. The Hall–Kier alpha value is -1.33. The third kappa shape index (κ3) is 2.53. The fourth-order valence-corrected chi connectivity index (χ4v) is 4.02. The number of anilines is 1. The Labute approximate surface area is 115 Å². The van der Waals surface area contributed by atoms with E-state index in [4.69, 9.17) is 5.73 Å². The monoisotopic (exact) mass is 280 g/mol. The lowest BCUT2D eigenvalue weighted by Crippen LogP contribution is -2.35. The molecule has 0 bridgehead atoms. The molecule has 0 atom stereocenters. The van der Waals surface area contributed by atoms with Crippen molar-refractivity contribution in [2.75, 3.05) is 18.8 Å². The van der Waals surface area contributed by atoms with Crippen molar-refractivity contribution in [3.8, 4) is 0 Å². The summed E-state index contributed by atoms with van der Waals surface area (Å²) < 4.78 is 26.9. The van der Waals surface area contributed by atoms with E-state index < -0.39 is 10.0 Å². The molecule has 0 spiro atoms. The molecule has 1 aliphatic rings. The second kappa shape index (κ2) is 4.98. The van der Waals surface area contributed by atoms with Gasteiger partial charge in [-0.3, -0.25) is 0 Å². The van der Waals surface area contributed by atoms with Gasteiger partial charge in [0.1, 0.15) is 4.90 Å². The van der Waals surface area contributed by atoms with Gasteiger partial charge in [0.2, 0.25) is 10.0 Å². The van der Waals surface area contributed by atoms with Gasteiger partial charge >= 0.3 is 0 Å². The van der Waals surface area contributed by atoms with Gasteiger partial charge in [-0.2, -0.15) is 4.31 Å². The van der Waals surface area contributed by atoms with Crippen LogP contribution in [0.25, 0.3) is 0 Å². The van der Waals surface area contributed by atoms with E-state index in [1.54, 1.807) is 6.92 Å². The van der Waals surface area contributed by atoms with Gasteiger partial charge in [-0.1, -0.05) is 23.8 Å². The van der Waals surface area contributed by atoms with E-state index in [1.165, 1.54) is 9.88 Å². The molecule has 0 saturated carbocycles. The van der Waals surface area contributed by atoms with Crippen LogP contribution in [-0.2, 0) is 10.0 Å². The predicted octanol–water partition coefficient (Wildman–Crippen LogP) is 2.23. The first kappa shape index (κ1) is 14.1. The standard InChI is InChI=1S/C14H20N2O2S/c1-10-6-8-16(9-7-10)19(17,18)14-12(3)5-4-11(2)13(14)15/h4-6H,7-9,15H2,1-3H3. The lowest BCUT2D eigenvalue weighted by atomic mass is 10.1.